The molecular formula is C12H25N3O3. The minimum absolute atomic E-state index is 0.146. The van der Waals surface area contributed by atoms with Gasteiger partial charge in [-0.3, -0.25) is 9.59 Å². The van der Waals surface area contributed by atoms with E-state index in [0.29, 0.717) is 12.3 Å². The van der Waals surface area contributed by atoms with Gasteiger partial charge in [0.15, 0.2) is 0 Å². The summed E-state index contributed by atoms with van der Waals surface area (Å²) in [5.41, 5.74) is 0. The quantitative estimate of drug-likeness (QED) is 0.461. The van der Waals surface area contributed by atoms with E-state index in [4.69, 9.17) is 5.11 Å². The summed E-state index contributed by atoms with van der Waals surface area (Å²) in [6, 6.07) is -1.01. The molecule has 6 nitrogen and oxygen atoms in total. The molecule has 4 N–H and O–H groups in total. The first-order chi connectivity index (χ1) is 8.46. The van der Waals surface area contributed by atoms with Gasteiger partial charge in [0.2, 0.25) is 11.8 Å². The fraction of sp³-hybridized carbons (Fsp3) is 0.833. The highest BCUT2D eigenvalue weighted by Crippen LogP contribution is 2.05. The molecule has 0 saturated heterocycles. The lowest BCUT2D eigenvalue weighted by atomic mass is 10.0. The van der Waals surface area contributed by atoms with Crippen LogP contribution in [0, 0.1) is 5.92 Å². The zero-order chi connectivity index (χ0) is 14.1. The second-order valence-corrected chi connectivity index (χ2v) is 4.66. The molecule has 0 spiro atoms. The number of nitrogens with one attached hydrogen (secondary N) is 3. The van der Waals surface area contributed by atoms with Crippen molar-refractivity contribution in [2.45, 2.75) is 38.8 Å². The second kappa shape index (κ2) is 8.88. The van der Waals surface area contributed by atoms with E-state index in [-0.39, 0.29) is 30.9 Å². The largest absolute Gasteiger partial charge is 0.396 e. The van der Waals surface area contributed by atoms with Crippen molar-refractivity contribution in [3.8, 4) is 0 Å². The van der Waals surface area contributed by atoms with Crippen LogP contribution in [0.2, 0.25) is 0 Å². The van der Waals surface area contributed by atoms with E-state index < -0.39 is 6.04 Å². The van der Waals surface area contributed by atoms with Crippen molar-refractivity contribution in [2.24, 2.45) is 5.92 Å². The van der Waals surface area contributed by atoms with Crippen molar-refractivity contribution >= 4 is 11.8 Å². The molecule has 1 unspecified atom stereocenters. The molecule has 0 aliphatic heterocycles. The lowest BCUT2D eigenvalue weighted by Crippen LogP contribution is -2.52. The van der Waals surface area contributed by atoms with Gasteiger partial charge < -0.3 is 21.1 Å². The third kappa shape index (κ3) is 5.97. The number of carbonyl (C=O) groups excluding carboxylic acids is 2. The topological polar surface area (TPSA) is 90.5 Å². The molecule has 0 fully saturated rings. The molecule has 0 saturated carbocycles. The summed E-state index contributed by atoms with van der Waals surface area (Å²) in [6.07, 6.45) is 0.908. The molecule has 106 valence electrons. The molecule has 0 aromatic heterocycles. The molecule has 0 aromatic carbocycles. The number of aliphatic hydroxyl groups excluding tert-OH is 1. The van der Waals surface area contributed by atoms with E-state index in [1.807, 2.05) is 13.8 Å². The Balaban J connectivity index is 4.50. The normalized spacial score (nSPS) is 14.1. The van der Waals surface area contributed by atoms with Crippen LogP contribution in [0.25, 0.3) is 0 Å². The lowest BCUT2D eigenvalue weighted by molar-refractivity contribution is -0.130. The smallest absolute Gasteiger partial charge is 0.242 e. The number of hydrogen-bond acceptors (Lipinski definition) is 4. The summed E-state index contributed by atoms with van der Waals surface area (Å²) in [6.45, 7) is 3.91. The fourth-order valence-electron chi connectivity index (χ4n) is 1.67. The number of hydrogen-bond donors (Lipinski definition) is 4. The Morgan fingerprint density at radius 1 is 1.11 bits per heavy atom. The molecule has 2 amide bonds. The summed E-state index contributed by atoms with van der Waals surface area (Å²) in [5, 5.41) is 16.9. The van der Waals surface area contributed by atoms with Gasteiger partial charge in [-0.2, -0.15) is 0 Å². The average molecular weight is 259 g/mol. The van der Waals surface area contributed by atoms with Crippen LogP contribution in [-0.4, -0.2) is 49.7 Å². The molecule has 2 atom stereocenters. The maximum absolute atomic E-state index is 12.0. The Bertz CT molecular complexity index is 269. The van der Waals surface area contributed by atoms with E-state index in [0.717, 1.165) is 0 Å². The Morgan fingerprint density at radius 2 is 1.72 bits per heavy atom. The van der Waals surface area contributed by atoms with Gasteiger partial charge in [0.05, 0.1) is 6.04 Å². The van der Waals surface area contributed by atoms with E-state index in [9.17, 15) is 9.59 Å². The third-order valence-electron chi connectivity index (χ3n) is 2.67. The first-order valence-corrected chi connectivity index (χ1v) is 6.26. The van der Waals surface area contributed by atoms with Gasteiger partial charge in [0.25, 0.3) is 0 Å². The van der Waals surface area contributed by atoms with Crippen LogP contribution in [0.3, 0.4) is 0 Å². The van der Waals surface area contributed by atoms with Crippen LogP contribution in [-0.2, 0) is 9.59 Å². The Kier molecular flexibility index (Phi) is 8.32. The van der Waals surface area contributed by atoms with Crippen LogP contribution in [0.5, 0.6) is 0 Å². The molecule has 0 radical (unpaired) electrons. The minimum atomic E-state index is -0.685. The van der Waals surface area contributed by atoms with Crippen molar-refractivity contribution < 1.29 is 14.7 Å². The SMILES string of the molecule is CNC(=O)[C@H](CCO)NC(=O)C(CC(C)C)NC. The molecule has 0 heterocycles. The molecule has 0 rings (SSSR count). The zero-order valence-electron chi connectivity index (χ0n) is 11.6. The number of carbonyl (C=O) groups is 2. The number of aliphatic hydroxyl groups is 1. The first kappa shape index (κ1) is 16.9. The van der Waals surface area contributed by atoms with E-state index >= 15 is 0 Å². The minimum Gasteiger partial charge on any atom is -0.396 e. The van der Waals surface area contributed by atoms with Gasteiger partial charge in [0, 0.05) is 13.7 Å². The zero-order valence-corrected chi connectivity index (χ0v) is 11.6. The van der Waals surface area contributed by atoms with Gasteiger partial charge in [-0.25, -0.2) is 0 Å². The Labute approximate surface area is 109 Å². The monoisotopic (exact) mass is 259 g/mol. The van der Waals surface area contributed by atoms with Crippen molar-refractivity contribution in [3.05, 3.63) is 0 Å². The van der Waals surface area contributed by atoms with E-state index in [2.05, 4.69) is 16.0 Å². The van der Waals surface area contributed by atoms with Crippen molar-refractivity contribution in [2.75, 3.05) is 20.7 Å². The Hall–Kier alpha value is -1.14. The molecule has 6 heteroatoms. The summed E-state index contributed by atoms with van der Waals surface area (Å²) in [5.74, 6) is -0.130. The number of likely N-dealkylation sites (N-methyl/N-ethyl adjacent to an activating group) is 2. The molecule has 0 aliphatic rings. The van der Waals surface area contributed by atoms with Gasteiger partial charge in [-0.05, 0) is 25.8 Å². The van der Waals surface area contributed by atoms with Gasteiger partial charge in [-0.15, -0.1) is 0 Å². The summed E-state index contributed by atoms with van der Waals surface area (Å²) in [7, 11) is 3.22. The predicted molar refractivity (Wildman–Crippen MR) is 70.0 cm³/mol. The highest BCUT2D eigenvalue weighted by Gasteiger charge is 2.24. The van der Waals surface area contributed by atoms with Crippen molar-refractivity contribution in [3.63, 3.8) is 0 Å². The highest BCUT2D eigenvalue weighted by molar-refractivity contribution is 5.89. The number of amides is 2. The molecular weight excluding hydrogens is 234 g/mol. The van der Waals surface area contributed by atoms with Crippen LogP contribution in [0.15, 0.2) is 0 Å². The van der Waals surface area contributed by atoms with Crippen LogP contribution in [0.1, 0.15) is 26.7 Å². The second-order valence-electron chi connectivity index (χ2n) is 4.66. The van der Waals surface area contributed by atoms with Crippen LogP contribution < -0.4 is 16.0 Å². The van der Waals surface area contributed by atoms with E-state index in [1.54, 1.807) is 7.05 Å². The van der Waals surface area contributed by atoms with Gasteiger partial charge in [0.1, 0.15) is 6.04 Å². The standard InChI is InChI=1S/C12H25N3O3/c1-8(2)7-10(13-3)12(18)15-9(5-6-16)11(17)14-4/h8-10,13,16H,5-7H2,1-4H3,(H,14,17)(H,15,18)/t9-,10?/m0/s1. The van der Waals surface area contributed by atoms with Crippen molar-refractivity contribution in [1.82, 2.24) is 16.0 Å². The van der Waals surface area contributed by atoms with Crippen LogP contribution >= 0.6 is 0 Å². The first-order valence-electron chi connectivity index (χ1n) is 6.26. The third-order valence-corrected chi connectivity index (χ3v) is 2.67. The van der Waals surface area contributed by atoms with Crippen molar-refractivity contribution in [1.29, 1.82) is 0 Å². The summed E-state index contributed by atoms with van der Waals surface area (Å²) >= 11 is 0. The molecule has 18 heavy (non-hydrogen) atoms. The summed E-state index contributed by atoms with van der Waals surface area (Å²) < 4.78 is 0. The summed E-state index contributed by atoms with van der Waals surface area (Å²) in [4.78, 5) is 23.5. The predicted octanol–water partition coefficient (Wildman–Crippen LogP) is -0.766. The average Bonchev–Trinajstić information content (AvgIpc) is 2.33. The maximum atomic E-state index is 12.0. The number of rotatable bonds is 8. The van der Waals surface area contributed by atoms with Gasteiger partial charge >= 0.3 is 0 Å². The Morgan fingerprint density at radius 3 is 2.11 bits per heavy atom. The molecule has 0 aliphatic carbocycles. The van der Waals surface area contributed by atoms with E-state index in [1.165, 1.54) is 7.05 Å². The molecule has 0 bridgehead atoms. The lowest BCUT2D eigenvalue weighted by Gasteiger charge is -2.22. The maximum Gasteiger partial charge on any atom is 0.242 e. The van der Waals surface area contributed by atoms with Gasteiger partial charge in [-0.1, -0.05) is 13.8 Å². The molecule has 0 aromatic rings. The van der Waals surface area contributed by atoms with Crippen LogP contribution in [0.4, 0.5) is 0 Å². The fourth-order valence-corrected chi connectivity index (χ4v) is 1.67. The highest BCUT2D eigenvalue weighted by atomic mass is 16.3.